The molecule has 1 aromatic heterocycles. The van der Waals surface area contributed by atoms with E-state index in [-0.39, 0.29) is 0 Å². The fourth-order valence-corrected chi connectivity index (χ4v) is 12.1. The SMILES string of the molecule is c1ccc(N(c2ccc(-c3ccc(C45CC6CC7CC(C4)C65C7)cc3)cc2)c2ccc3c(c2)oc2ccc(N(c4ccccc4)c4ccccc4)cc23)cc1. The lowest BCUT2D eigenvalue weighted by Gasteiger charge is -2.75. The van der Waals surface area contributed by atoms with Gasteiger partial charge in [0.1, 0.15) is 11.2 Å². The standard InChI is InChI=1S/C52H42N2O/c1-4-10-41(11-5-1)53(42-12-6-2-7-13-42)45-25-27-49-48(30-45)47-26-24-46(31-50(47)55-49)54(43-14-8-3-9-15-43)44-22-18-37(19-23-44)36-16-20-38(21-17-36)51-33-39-28-35-29-40(34-51)52(39,51)32-35/h1-27,30-31,35,39-40H,28-29,32-34H2. The van der Waals surface area contributed by atoms with Gasteiger partial charge in [0.25, 0.3) is 0 Å². The zero-order chi connectivity index (χ0) is 36.1. The second-order valence-corrected chi connectivity index (χ2v) is 16.7. The fourth-order valence-electron chi connectivity index (χ4n) is 12.1. The number of hydrogen-bond acceptors (Lipinski definition) is 3. The zero-order valence-corrected chi connectivity index (χ0v) is 30.8. The van der Waals surface area contributed by atoms with Gasteiger partial charge in [0, 0.05) is 56.4 Å². The first-order valence-electron chi connectivity index (χ1n) is 20.1. The van der Waals surface area contributed by atoms with Gasteiger partial charge in [-0.15, -0.1) is 0 Å². The summed E-state index contributed by atoms with van der Waals surface area (Å²) in [5.41, 5.74) is 13.6. The molecule has 2 bridgehead atoms. The van der Waals surface area contributed by atoms with Gasteiger partial charge in [-0.3, -0.25) is 0 Å². The Balaban J connectivity index is 0.873. The van der Waals surface area contributed by atoms with E-state index in [9.17, 15) is 0 Å². The first kappa shape index (κ1) is 31.3. The van der Waals surface area contributed by atoms with Gasteiger partial charge in [0.05, 0.1) is 0 Å². The normalized spacial score (nSPS) is 24.3. The van der Waals surface area contributed by atoms with Crippen LogP contribution in [0.4, 0.5) is 34.1 Å². The molecule has 55 heavy (non-hydrogen) atoms. The van der Waals surface area contributed by atoms with Crippen LogP contribution in [0.2, 0.25) is 0 Å². The third-order valence-electron chi connectivity index (χ3n) is 14.3. The van der Waals surface area contributed by atoms with E-state index in [2.05, 4.69) is 186 Å². The largest absolute Gasteiger partial charge is 0.456 e. The summed E-state index contributed by atoms with van der Waals surface area (Å²) in [5, 5.41) is 2.20. The molecule has 8 aromatic rings. The first-order chi connectivity index (χ1) is 27.2. The average Bonchev–Trinajstić information content (AvgIpc) is 3.90. The second kappa shape index (κ2) is 11.7. The molecule has 0 saturated heterocycles. The average molecular weight is 711 g/mol. The maximum atomic E-state index is 6.58. The van der Waals surface area contributed by atoms with E-state index in [0.717, 1.165) is 73.8 Å². The summed E-state index contributed by atoms with van der Waals surface area (Å²) in [6.45, 7) is 0. The molecule has 7 aromatic carbocycles. The highest BCUT2D eigenvalue weighted by Crippen LogP contribution is 2.86. The highest BCUT2D eigenvalue weighted by atomic mass is 16.3. The molecule has 2 unspecified atom stereocenters. The summed E-state index contributed by atoms with van der Waals surface area (Å²) >= 11 is 0. The molecule has 4 fully saturated rings. The quantitative estimate of drug-likeness (QED) is 0.157. The van der Waals surface area contributed by atoms with E-state index in [1.807, 2.05) is 0 Å². The Bertz CT molecular complexity index is 2640. The molecule has 4 saturated carbocycles. The molecule has 0 amide bonds. The van der Waals surface area contributed by atoms with Gasteiger partial charge in [-0.25, -0.2) is 0 Å². The van der Waals surface area contributed by atoms with Crippen molar-refractivity contribution in [3.8, 4) is 11.1 Å². The third-order valence-corrected chi connectivity index (χ3v) is 14.3. The number of benzene rings is 7. The van der Waals surface area contributed by atoms with Gasteiger partial charge in [0.2, 0.25) is 0 Å². The van der Waals surface area contributed by atoms with Crippen LogP contribution < -0.4 is 9.80 Å². The molecule has 1 heterocycles. The topological polar surface area (TPSA) is 19.6 Å². The highest BCUT2D eigenvalue weighted by molar-refractivity contribution is 6.07. The monoisotopic (exact) mass is 710 g/mol. The Morgan fingerprint density at radius 1 is 0.418 bits per heavy atom. The summed E-state index contributed by atoms with van der Waals surface area (Å²) in [4.78, 5) is 4.62. The van der Waals surface area contributed by atoms with Gasteiger partial charge in [-0.2, -0.15) is 0 Å². The molecule has 3 heteroatoms. The Morgan fingerprint density at radius 3 is 1.47 bits per heavy atom. The Labute approximate surface area is 322 Å². The minimum Gasteiger partial charge on any atom is -0.456 e. The number of fused-ring (bicyclic) bond motifs is 4. The molecular weight excluding hydrogens is 669 g/mol. The maximum absolute atomic E-state index is 6.58. The van der Waals surface area contributed by atoms with Crippen LogP contribution in [-0.4, -0.2) is 0 Å². The molecule has 1 spiro atoms. The minimum absolute atomic E-state index is 0.486. The number of rotatable bonds is 8. The molecule has 0 N–H and O–H groups in total. The molecule has 0 radical (unpaired) electrons. The van der Waals surface area contributed by atoms with Crippen molar-refractivity contribution in [2.24, 2.45) is 23.2 Å². The minimum atomic E-state index is 0.486. The Morgan fingerprint density at radius 2 is 0.909 bits per heavy atom. The van der Waals surface area contributed by atoms with E-state index in [1.54, 1.807) is 5.56 Å². The fraction of sp³-hybridized carbons (Fsp3) is 0.192. The molecule has 2 atom stereocenters. The predicted molar refractivity (Wildman–Crippen MR) is 226 cm³/mol. The van der Waals surface area contributed by atoms with Gasteiger partial charge >= 0.3 is 0 Å². The zero-order valence-electron chi connectivity index (χ0n) is 30.8. The number of furan rings is 1. The van der Waals surface area contributed by atoms with E-state index in [1.165, 1.54) is 43.2 Å². The van der Waals surface area contributed by atoms with Crippen molar-refractivity contribution in [2.75, 3.05) is 9.80 Å². The van der Waals surface area contributed by atoms with Crippen LogP contribution >= 0.6 is 0 Å². The number of hydrogen-bond donors (Lipinski definition) is 0. The van der Waals surface area contributed by atoms with E-state index >= 15 is 0 Å². The van der Waals surface area contributed by atoms with E-state index < -0.39 is 0 Å². The van der Waals surface area contributed by atoms with Gasteiger partial charge in [-0.05, 0) is 151 Å². The lowest BCUT2D eigenvalue weighted by Crippen LogP contribution is -2.70. The highest BCUT2D eigenvalue weighted by Gasteiger charge is 2.81. The first-order valence-corrected chi connectivity index (χ1v) is 20.1. The molecular formula is C52H42N2O. The maximum Gasteiger partial charge on any atom is 0.137 e. The van der Waals surface area contributed by atoms with Crippen LogP contribution in [0.1, 0.15) is 37.7 Å². The van der Waals surface area contributed by atoms with Gasteiger partial charge in [0.15, 0.2) is 0 Å². The van der Waals surface area contributed by atoms with Crippen LogP contribution in [0.25, 0.3) is 33.1 Å². The molecule has 266 valence electrons. The molecule has 3 nitrogen and oxygen atoms in total. The Kier molecular flexibility index (Phi) is 6.67. The van der Waals surface area contributed by atoms with Crippen molar-refractivity contribution in [3.63, 3.8) is 0 Å². The summed E-state index contributed by atoms with van der Waals surface area (Å²) in [6, 6.07) is 63.7. The van der Waals surface area contributed by atoms with Crippen LogP contribution in [0.5, 0.6) is 0 Å². The molecule has 12 rings (SSSR count). The molecule has 0 aliphatic heterocycles. The van der Waals surface area contributed by atoms with E-state index in [4.69, 9.17) is 4.42 Å². The van der Waals surface area contributed by atoms with Crippen LogP contribution in [0.15, 0.2) is 180 Å². The Hall–Kier alpha value is -6.06. The number of para-hydroxylation sites is 3. The van der Waals surface area contributed by atoms with E-state index in [0.29, 0.717) is 10.8 Å². The van der Waals surface area contributed by atoms with Crippen LogP contribution in [0.3, 0.4) is 0 Å². The van der Waals surface area contributed by atoms with Crippen molar-refractivity contribution in [1.29, 1.82) is 0 Å². The lowest BCUT2D eigenvalue weighted by molar-refractivity contribution is -0.205. The lowest BCUT2D eigenvalue weighted by atomic mass is 9.29. The van der Waals surface area contributed by atoms with Crippen molar-refractivity contribution in [1.82, 2.24) is 0 Å². The van der Waals surface area contributed by atoms with Crippen LogP contribution in [0, 0.1) is 23.2 Å². The number of nitrogens with zero attached hydrogens (tertiary/aromatic N) is 2. The van der Waals surface area contributed by atoms with Gasteiger partial charge < -0.3 is 14.2 Å². The molecule has 4 aliphatic carbocycles. The summed E-state index contributed by atoms with van der Waals surface area (Å²) in [5.74, 6) is 3.06. The van der Waals surface area contributed by atoms with Crippen molar-refractivity contribution in [2.45, 2.75) is 37.5 Å². The number of anilines is 6. The molecule has 4 aliphatic rings. The van der Waals surface area contributed by atoms with Crippen molar-refractivity contribution in [3.05, 3.63) is 181 Å². The smallest absolute Gasteiger partial charge is 0.137 e. The summed E-state index contributed by atoms with van der Waals surface area (Å²) in [7, 11) is 0. The summed E-state index contributed by atoms with van der Waals surface area (Å²) in [6.07, 6.45) is 7.41. The van der Waals surface area contributed by atoms with Crippen molar-refractivity contribution >= 4 is 56.1 Å². The van der Waals surface area contributed by atoms with Gasteiger partial charge in [-0.1, -0.05) is 91.0 Å². The predicted octanol–water partition coefficient (Wildman–Crippen LogP) is 14.3. The van der Waals surface area contributed by atoms with Crippen molar-refractivity contribution < 1.29 is 4.42 Å². The van der Waals surface area contributed by atoms with Crippen LogP contribution in [-0.2, 0) is 5.41 Å². The second-order valence-electron chi connectivity index (χ2n) is 16.7. The third kappa shape index (κ3) is 4.50. The summed E-state index contributed by atoms with van der Waals surface area (Å²) < 4.78 is 6.58.